The molecule has 0 fully saturated rings. The Morgan fingerprint density at radius 3 is 2.70 bits per heavy atom. The van der Waals surface area contributed by atoms with Gasteiger partial charge in [0.05, 0.1) is 5.56 Å². The zero-order chi connectivity index (χ0) is 14.3. The van der Waals surface area contributed by atoms with Crippen LogP contribution < -0.4 is 0 Å². The quantitative estimate of drug-likeness (QED) is 0.646. The fourth-order valence-electron chi connectivity index (χ4n) is 2.10. The summed E-state index contributed by atoms with van der Waals surface area (Å²) in [7, 11) is 0. The van der Waals surface area contributed by atoms with E-state index in [4.69, 9.17) is 12.2 Å². The molecule has 0 saturated carbocycles. The summed E-state index contributed by atoms with van der Waals surface area (Å²) in [4.78, 5) is 16.7. The number of fused-ring (bicyclic) bond motifs is 1. The van der Waals surface area contributed by atoms with E-state index in [2.05, 4.69) is 4.98 Å². The monoisotopic (exact) mass is 287 g/mol. The van der Waals surface area contributed by atoms with Gasteiger partial charge >= 0.3 is 0 Å². The van der Waals surface area contributed by atoms with Crippen LogP contribution in [0.1, 0.15) is 16.1 Å². The van der Waals surface area contributed by atoms with Crippen LogP contribution in [0.15, 0.2) is 42.5 Å². The molecular weight excluding hydrogens is 277 g/mol. The molecule has 0 aliphatic carbocycles. The molecule has 4 nitrogen and oxygen atoms in total. The Morgan fingerprint density at radius 1 is 1.20 bits per heavy atom. The van der Waals surface area contributed by atoms with Crippen LogP contribution in [-0.4, -0.2) is 20.1 Å². The van der Waals surface area contributed by atoms with Crippen molar-refractivity contribution in [1.29, 1.82) is 0 Å². The first-order valence-electron chi connectivity index (χ1n) is 5.96. The first kappa shape index (κ1) is 12.7. The Labute approximate surface area is 119 Å². The molecule has 2 heterocycles. The Morgan fingerprint density at radius 2 is 1.95 bits per heavy atom. The van der Waals surface area contributed by atoms with Crippen molar-refractivity contribution in [3.63, 3.8) is 0 Å². The summed E-state index contributed by atoms with van der Waals surface area (Å²) in [5.74, 6) is -1.11. The van der Waals surface area contributed by atoms with Gasteiger partial charge in [0.25, 0.3) is 5.91 Å². The predicted octanol–water partition coefficient (Wildman–Crippen LogP) is 3.00. The average Bonchev–Trinajstić information content (AvgIpc) is 2.76. The smallest absolute Gasteiger partial charge is 0.267 e. The molecule has 20 heavy (non-hydrogen) atoms. The molecule has 0 amide bonds. The highest BCUT2D eigenvalue weighted by Gasteiger charge is 2.18. The molecule has 100 valence electrons. The SMILES string of the molecule is Cc1cccc2nc(=S)n(C(=O)c3ccccc3F)n12. The second-order valence-electron chi connectivity index (χ2n) is 4.33. The maximum atomic E-state index is 13.8. The molecule has 0 unspecified atom stereocenters. The van der Waals surface area contributed by atoms with E-state index in [9.17, 15) is 9.18 Å². The van der Waals surface area contributed by atoms with Crippen molar-refractivity contribution in [2.45, 2.75) is 6.92 Å². The highest BCUT2D eigenvalue weighted by molar-refractivity contribution is 7.71. The fraction of sp³-hybridized carbons (Fsp3) is 0.0714. The lowest BCUT2D eigenvalue weighted by Crippen LogP contribution is -2.19. The molecule has 1 aromatic carbocycles. The van der Waals surface area contributed by atoms with Gasteiger partial charge in [-0.1, -0.05) is 18.2 Å². The third kappa shape index (κ3) is 1.85. The molecule has 0 radical (unpaired) electrons. The van der Waals surface area contributed by atoms with Crippen molar-refractivity contribution in [2.24, 2.45) is 0 Å². The Hall–Kier alpha value is -2.34. The van der Waals surface area contributed by atoms with E-state index in [1.807, 2.05) is 19.1 Å². The minimum atomic E-state index is -0.581. The molecular formula is C14H10FN3OS. The van der Waals surface area contributed by atoms with Crippen LogP contribution >= 0.6 is 12.2 Å². The number of halogens is 1. The highest BCUT2D eigenvalue weighted by Crippen LogP contribution is 2.12. The van der Waals surface area contributed by atoms with Gasteiger partial charge in [0.15, 0.2) is 5.65 Å². The maximum absolute atomic E-state index is 13.8. The standard InChI is InChI=1S/C14H10FN3OS/c1-9-5-4-8-12-16-14(20)18(17(9)12)13(19)10-6-2-3-7-11(10)15/h2-8H,1H3. The van der Waals surface area contributed by atoms with Crippen molar-refractivity contribution in [2.75, 3.05) is 0 Å². The molecule has 0 N–H and O–H groups in total. The van der Waals surface area contributed by atoms with E-state index in [0.717, 1.165) is 5.69 Å². The maximum Gasteiger partial charge on any atom is 0.282 e. The molecule has 3 rings (SSSR count). The minimum Gasteiger partial charge on any atom is -0.267 e. The van der Waals surface area contributed by atoms with Crippen molar-refractivity contribution in [1.82, 2.24) is 14.2 Å². The number of aromatic nitrogens is 3. The minimum absolute atomic E-state index is 0.0337. The first-order valence-corrected chi connectivity index (χ1v) is 6.37. The highest BCUT2D eigenvalue weighted by atomic mass is 32.1. The van der Waals surface area contributed by atoms with Crippen LogP contribution in [0.25, 0.3) is 5.65 Å². The van der Waals surface area contributed by atoms with Crippen molar-refractivity contribution >= 4 is 23.8 Å². The van der Waals surface area contributed by atoms with Gasteiger partial charge < -0.3 is 0 Å². The van der Waals surface area contributed by atoms with Crippen LogP contribution in [0.2, 0.25) is 0 Å². The molecule has 6 heteroatoms. The molecule has 0 spiro atoms. The Balaban J connectivity index is 2.31. The summed E-state index contributed by atoms with van der Waals surface area (Å²) >= 11 is 5.12. The number of nitrogens with zero attached hydrogens (tertiary/aromatic N) is 3. The number of benzene rings is 1. The molecule has 3 aromatic rings. The molecule has 0 atom stereocenters. The topological polar surface area (TPSA) is 39.3 Å². The average molecular weight is 287 g/mol. The zero-order valence-electron chi connectivity index (χ0n) is 10.6. The van der Waals surface area contributed by atoms with Crippen molar-refractivity contribution < 1.29 is 9.18 Å². The van der Waals surface area contributed by atoms with Gasteiger partial charge in [-0.2, -0.15) is 9.67 Å². The van der Waals surface area contributed by atoms with Crippen molar-refractivity contribution in [3.8, 4) is 0 Å². The fourth-order valence-corrected chi connectivity index (χ4v) is 2.36. The van der Waals surface area contributed by atoms with Crippen LogP contribution in [0, 0.1) is 17.5 Å². The van der Waals surface area contributed by atoms with Gasteiger partial charge in [0.1, 0.15) is 5.82 Å². The van der Waals surface area contributed by atoms with Gasteiger partial charge in [-0.3, -0.25) is 4.79 Å². The summed E-state index contributed by atoms with van der Waals surface area (Å²) in [5.41, 5.74) is 1.31. The van der Waals surface area contributed by atoms with Gasteiger partial charge in [-0.25, -0.2) is 8.91 Å². The molecule has 0 bridgehead atoms. The number of pyridine rings is 1. The summed E-state index contributed by atoms with van der Waals surface area (Å²) in [6, 6.07) is 11.2. The third-order valence-electron chi connectivity index (χ3n) is 3.02. The second kappa shape index (κ2) is 4.64. The lowest BCUT2D eigenvalue weighted by molar-refractivity contribution is 0.0933. The first-order chi connectivity index (χ1) is 9.59. The van der Waals surface area contributed by atoms with Gasteiger partial charge in [-0.15, -0.1) is 0 Å². The van der Waals surface area contributed by atoms with Crippen LogP contribution in [-0.2, 0) is 0 Å². The van der Waals surface area contributed by atoms with E-state index in [1.54, 1.807) is 16.6 Å². The summed E-state index contributed by atoms with van der Waals surface area (Å²) in [6.45, 7) is 1.83. The molecule has 0 aliphatic heterocycles. The number of rotatable bonds is 1. The lowest BCUT2D eigenvalue weighted by Gasteiger charge is -2.07. The number of hydrogen-bond acceptors (Lipinski definition) is 3. The number of carbonyl (C=O) groups is 1. The van der Waals surface area contributed by atoms with E-state index < -0.39 is 11.7 Å². The molecule has 0 aliphatic rings. The lowest BCUT2D eigenvalue weighted by atomic mass is 10.2. The predicted molar refractivity (Wildman–Crippen MR) is 74.9 cm³/mol. The number of aryl methyl sites for hydroxylation is 1. The zero-order valence-corrected chi connectivity index (χ0v) is 11.4. The summed E-state index contributed by atoms with van der Waals surface area (Å²) in [5, 5.41) is 0. The third-order valence-corrected chi connectivity index (χ3v) is 3.29. The number of carbonyl (C=O) groups excluding carboxylic acids is 1. The Bertz CT molecular complexity index is 882. The van der Waals surface area contributed by atoms with Crippen LogP contribution in [0.3, 0.4) is 0 Å². The summed E-state index contributed by atoms with van der Waals surface area (Å²) in [6.07, 6.45) is 0. The van der Waals surface area contributed by atoms with E-state index in [-0.39, 0.29) is 10.3 Å². The van der Waals surface area contributed by atoms with Crippen LogP contribution in [0.4, 0.5) is 4.39 Å². The van der Waals surface area contributed by atoms with Gasteiger partial charge in [0, 0.05) is 5.69 Å². The van der Waals surface area contributed by atoms with Gasteiger partial charge in [0.2, 0.25) is 4.77 Å². The van der Waals surface area contributed by atoms with E-state index in [1.165, 1.54) is 22.9 Å². The molecule has 2 aromatic heterocycles. The summed E-state index contributed by atoms with van der Waals surface area (Å²) < 4.78 is 16.7. The van der Waals surface area contributed by atoms with E-state index >= 15 is 0 Å². The largest absolute Gasteiger partial charge is 0.282 e. The Kier molecular flexibility index (Phi) is 2.94. The normalized spacial score (nSPS) is 10.9. The van der Waals surface area contributed by atoms with Crippen LogP contribution in [0.5, 0.6) is 0 Å². The van der Waals surface area contributed by atoms with E-state index in [0.29, 0.717) is 5.65 Å². The number of hydrogen-bond donors (Lipinski definition) is 0. The van der Waals surface area contributed by atoms with Gasteiger partial charge in [-0.05, 0) is 43.4 Å². The van der Waals surface area contributed by atoms with Crippen molar-refractivity contribution in [3.05, 3.63) is 64.3 Å². The second-order valence-corrected chi connectivity index (χ2v) is 4.69. The molecule has 0 saturated heterocycles.